The molecular formula is C8H14N2O2Si. The molecule has 13 heavy (non-hydrogen) atoms. The Bertz CT molecular complexity index is 235. The summed E-state index contributed by atoms with van der Waals surface area (Å²) in [5.74, 6) is 0. The maximum absolute atomic E-state index is 10.3. The molecule has 0 fully saturated rings. The summed E-state index contributed by atoms with van der Waals surface area (Å²) in [6, 6.07) is 0. The van der Waals surface area contributed by atoms with Gasteiger partial charge in [0, 0.05) is 0 Å². The van der Waals surface area contributed by atoms with E-state index in [1.165, 1.54) is 12.2 Å². The van der Waals surface area contributed by atoms with Gasteiger partial charge in [0.2, 0.25) is 12.2 Å². The van der Waals surface area contributed by atoms with Gasteiger partial charge in [-0.05, 0) is 11.1 Å². The number of rotatable bonds is 4. The monoisotopic (exact) mass is 198 g/mol. The van der Waals surface area contributed by atoms with E-state index in [0.29, 0.717) is 0 Å². The van der Waals surface area contributed by atoms with E-state index >= 15 is 0 Å². The zero-order chi connectivity index (χ0) is 10.5. The van der Waals surface area contributed by atoms with Crippen molar-refractivity contribution in [3.8, 4) is 0 Å². The number of carbonyl (C=O) groups excluding carboxylic acids is 2. The number of nitrogens with zero attached hydrogens (tertiary/aromatic N) is 2. The Kier molecular flexibility index (Phi) is 4.49. The van der Waals surface area contributed by atoms with Gasteiger partial charge in [-0.15, -0.1) is 0 Å². The second-order valence-corrected chi connectivity index (χ2v) is 7.82. The number of hydrogen-bond acceptors (Lipinski definition) is 4. The summed E-state index contributed by atoms with van der Waals surface area (Å²) in [6.45, 7) is 7.64. The minimum Gasteiger partial charge on any atom is -0.218 e. The van der Waals surface area contributed by atoms with Crippen molar-refractivity contribution in [2.45, 2.75) is 38.8 Å². The van der Waals surface area contributed by atoms with Crippen molar-refractivity contribution >= 4 is 20.6 Å². The fourth-order valence-electron chi connectivity index (χ4n) is 1.35. The van der Waals surface area contributed by atoms with Gasteiger partial charge in [-0.3, -0.25) is 0 Å². The van der Waals surface area contributed by atoms with E-state index in [1.807, 2.05) is 27.7 Å². The fraction of sp³-hybridized carbons (Fsp3) is 0.750. The smallest absolute Gasteiger partial charge is 0.218 e. The summed E-state index contributed by atoms with van der Waals surface area (Å²) in [6.07, 6.45) is 3.04. The molecule has 0 atom stereocenters. The first-order valence-corrected chi connectivity index (χ1v) is 6.24. The molecule has 0 radical (unpaired) electrons. The Balaban J connectivity index is 5.28. The quantitative estimate of drug-likeness (QED) is 0.393. The Morgan fingerprint density at radius 3 is 1.38 bits per heavy atom. The van der Waals surface area contributed by atoms with Crippen LogP contribution < -0.4 is 0 Å². The van der Waals surface area contributed by atoms with E-state index in [2.05, 4.69) is 9.32 Å². The normalized spacial score (nSPS) is 10.9. The average molecular weight is 198 g/mol. The molecule has 0 spiro atoms. The molecule has 0 aromatic carbocycles. The summed E-state index contributed by atoms with van der Waals surface area (Å²) >= 11 is 0. The molecule has 0 saturated heterocycles. The average Bonchev–Trinajstić information content (AvgIpc) is 2.03. The molecule has 72 valence electrons. The van der Waals surface area contributed by atoms with E-state index in [4.69, 9.17) is 0 Å². The minimum atomic E-state index is -2.55. The first-order valence-electron chi connectivity index (χ1n) is 4.19. The van der Waals surface area contributed by atoms with Crippen LogP contribution in [0.5, 0.6) is 0 Å². The zero-order valence-electron chi connectivity index (χ0n) is 8.37. The maximum Gasteiger partial charge on any atom is 0.336 e. The number of hydrogen-bond donors (Lipinski definition) is 0. The van der Waals surface area contributed by atoms with E-state index < -0.39 is 8.40 Å². The third kappa shape index (κ3) is 2.46. The molecule has 0 heterocycles. The lowest BCUT2D eigenvalue weighted by molar-refractivity contribution is 0.564. The highest BCUT2D eigenvalue weighted by Gasteiger charge is 2.42. The molecule has 0 aromatic heterocycles. The Hall–Kier alpha value is -1.02. The zero-order valence-corrected chi connectivity index (χ0v) is 9.37. The number of isocyanates is 2. The van der Waals surface area contributed by atoms with Crippen LogP contribution in [0.15, 0.2) is 9.32 Å². The third-order valence-corrected chi connectivity index (χ3v) is 6.45. The molecule has 0 rings (SSSR count). The van der Waals surface area contributed by atoms with Gasteiger partial charge in [-0.25, -0.2) is 18.9 Å². The van der Waals surface area contributed by atoms with Crippen LogP contribution in [0.3, 0.4) is 0 Å². The van der Waals surface area contributed by atoms with Crippen molar-refractivity contribution in [3.63, 3.8) is 0 Å². The van der Waals surface area contributed by atoms with Crippen molar-refractivity contribution in [3.05, 3.63) is 0 Å². The van der Waals surface area contributed by atoms with E-state index in [-0.39, 0.29) is 11.1 Å². The van der Waals surface area contributed by atoms with Crippen LogP contribution in [0.4, 0.5) is 0 Å². The lowest BCUT2D eigenvalue weighted by Gasteiger charge is -2.26. The van der Waals surface area contributed by atoms with Crippen molar-refractivity contribution < 1.29 is 9.59 Å². The van der Waals surface area contributed by atoms with Gasteiger partial charge in [-0.2, -0.15) is 0 Å². The van der Waals surface area contributed by atoms with Gasteiger partial charge in [-0.1, -0.05) is 27.7 Å². The predicted molar refractivity (Wildman–Crippen MR) is 52.2 cm³/mol. The molecule has 0 aliphatic rings. The van der Waals surface area contributed by atoms with Gasteiger partial charge in [0.15, 0.2) is 0 Å². The van der Waals surface area contributed by atoms with Crippen LogP contribution in [0, 0.1) is 0 Å². The second-order valence-electron chi connectivity index (χ2n) is 3.50. The summed E-state index contributed by atoms with van der Waals surface area (Å²) in [7, 11) is -2.55. The van der Waals surface area contributed by atoms with E-state index in [1.54, 1.807) is 0 Å². The third-order valence-electron chi connectivity index (χ3n) is 2.15. The fourth-order valence-corrected chi connectivity index (χ4v) is 4.06. The highest BCUT2D eigenvalue weighted by atomic mass is 28.3. The van der Waals surface area contributed by atoms with Crippen LogP contribution in [0.25, 0.3) is 0 Å². The van der Waals surface area contributed by atoms with Crippen LogP contribution >= 0.6 is 0 Å². The molecule has 5 heteroatoms. The lowest BCUT2D eigenvalue weighted by atomic mass is 10.5. The highest BCUT2D eigenvalue weighted by Crippen LogP contribution is 2.33. The summed E-state index contributed by atoms with van der Waals surface area (Å²) in [5.41, 5.74) is 0.214. The predicted octanol–water partition coefficient (Wildman–Crippen LogP) is 1.92. The largest absolute Gasteiger partial charge is 0.336 e. The molecule has 0 aliphatic heterocycles. The first kappa shape index (κ1) is 12.0. The van der Waals surface area contributed by atoms with Gasteiger partial charge in [0.1, 0.15) is 0 Å². The Labute approximate surface area is 78.9 Å². The molecular weight excluding hydrogens is 184 g/mol. The summed E-state index contributed by atoms with van der Waals surface area (Å²) in [4.78, 5) is 20.5. The Morgan fingerprint density at radius 1 is 0.923 bits per heavy atom. The molecule has 0 aromatic rings. The van der Waals surface area contributed by atoms with Crippen molar-refractivity contribution in [2.75, 3.05) is 0 Å². The molecule has 0 saturated carbocycles. The molecule has 4 nitrogen and oxygen atoms in total. The summed E-state index contributed by atoms with van der Waals surface area (Å²) in [5, 5.41) is 0. The van der Waals surface area contributed by atoms with Crippen molar-refractivity contribution in [1.82, 2.24) is 0 Å². The van der Waals surface area contributed by atoms with E-state index in [0.717, 1.165) is 0 Å². The van der Waals surface area contributed by atoms with Crippen LogP contribution in [0.1, 0.15) is 27.7 Å². The highest BCUT2D eigenvalue weighted by molar-refractivity contribution is 6.80. The lowest BCUT2D eigenvalue weighted by Crippen LogP contribution is -2.37. The first-order chi connectivity index (χ1) is 6.01. The second kappa shape index (κ2) is 4.87. The van der Waals surface area contributed by atoms with Gasteiger partial charge < -0.3 is 0 Å². The van der Waals surface area contributed by atoms with E-state index in [9.17, 15) is 9.59 Å². The molecule has 0 bridgehead atoms. The standard InChI is InChI=1S/C8H14N2O2Si/c1-7(2)13(8(3)4,9-5-11)10-6-12/h7-8H,1-4H3. The Morgan fingerprint density at radius 2 is 1.23 bits per heavy atom. The van der Waals surface area contributed by atoms with Crippen LogP contribution in [-0.4, -0.2) is 20.6 Å². The summed E-state index contributed by atoms with van der Waals surface area (Å²) < 4.78 is 7.50. The minimum absolute atomic E-state index is 0.107. The SMILES string of the molecule is CC(C)[Si](N=C=O)(N=C=O)C(C)C. The van der Waals surface area contributed by atoms with Crippen molar-refractivity contribution in [1.29, 1.82) is 0 Å². The van der Waals surface area contributed by atoms with Gasteiger partial charge in [0.05, 0.1) is 0 Å². The molecule has 0 amide bonds. The van der Waals surface area contributed by atoms with Crippen LogP contribution in [-0.2, 0) is 9.59 Å². The molecule has 0 aliphatic carbocycles. The molecule has 0 unspecified atom stereocenters. The van der Waals surface area contributed by atoms with Gasteiger partial charge in [0.25, 0.3) is 0 Å². The molecule has 0 N–H and O–H groups in total. The van der Waals surface area contributed by atoms with Crippen LogP contribution in [0.2, 0.25) is 11.1 Å². The topological polar surface area (TPSA) is 58.9 Å². The van der Waals surface area contributed by atoms with Gasteiger partial charge >= 0.3 is 8.40 Å². The maximum atomic E-state index is 10.3. The van der Waals surface area contributed by atoms with Crippen molar-refractivity contribution in [2.24, 2.45) is 9.32 Å².